The van der Waals surface area contributed by atoms with E-state index in [4.69, 9.17) is 11.5 Å². The fourth-order valence-corrected chi connectivity index (χ4v) is 4.97. The van der Waals surface area contributed by atoms with Gasteiger partial charge in [-0.3, -0.25) is 0 Å². The first kappa shape index (κ1) is 20.4. The Hall–Kier alpha value is 0.0400. The molecule has 0 fully saturated rings. The Balaban J connectivity index is 2.44. The van der Waals surface area contributed by atoms with Crippen molar-refractivity contribution in [1.29, 1.82) is 0 Å². The number of hydrogen-bond acceptors (Lipinski definition) is 2. The molecule has 2 nitrogen and oxygen atoms in total. The molecule has 2 aromatic rings. The number of nitrogens with two attached hydrogens (primary N) is 2. The van der Waals surface area contributed by atoms with Gasteiger partial charge < -0.3 is 11.5 Å². The second-order valence-electron chi connectivity index (χ2n) is 4.40. The maximum absolute atomic E-state index is 5.87. The number of nitrogen functional groups attached to an aromatic ring is 2. The van der Waals surface area contributed by atoms with Crippen LogP contribution in [-0.4, -0.2) is 0 Å². The van der Waals surface area contributed by atoms with Crippen LogP contribution in [0.1, 0.15) is 11.1 Å². The summed E-state index contributed by atoms with van der Waals surface area (Å²) in [5, 5.41) is 0. The van der Waals surface area contributed by atoms with Crippen LogP contribution >= 0.6 is 95.6 Å². The Morgan fingerprint density at radius 3 is 1.25 bits per heavy atom. The third-order valence-corrected chi connectivity index (χ3v) is 8.42. The average molecular weight is 706 g/mol. The summed E-state index contributed by atoms with van der Waals surface area (Å²) < 4.78 is 4.67. The van der Waals surface area contributed by atoms with Gasteiger partial charge in [0, 0.05) is 20.3 Å². The summed E-state index contributed by atoms with van der Waals surface area (Å²) >= 11 is 20.7. The van der Waals surface area contributed by atoms with E-state index in [0.717, 1.165) is 38.0 Å². The van der Waals surface area contributed by atoms with Crippen LogP contribution in [0, 0.1) is 23.7 Å². The molecule has 122 valence electrons. The third-order valence-electron chi connectivity index (χ3n) is 2.81. The molecule has 0 unspecified atom stereocenters. The van der Waals surface area contributed by atoms with E-state index in [-0.39, 0.29) is 0 Å². The van der Waals surface area contributed by atoms with Gasteiger partial charge in [0.1, 0.15) is 0 Å². The smallest absolute Gasteiger partial charge is 0.0560 e. The molecule has 0 aliphatic heterocycles. The van der Waals surface area contributed by atoms with E-state index in [1.165, 1.54) is 0 Å². The van der Waals surface area contributed by atoms with E-state index in [2.05, 4.69) is 119 Å². The molecule has 0 aliphatic rings. The first-order valence-electron chi connectivity index (χ1n) is 6.12. The lowest BCUT2D eigenvalue weighted by atomic mass is 10.2. The molecule has 8 heteroatoms. The molecule has 2 aromatic carbocycles. The fourth-order valence-electron chi connectivity index (χ4n) is 1.64. The van der Waals surface area contributed by atoms with Crippen LogP contribution in [-0.2, 0) is 0 Å². The van der Waals surface area contributed by atoms with Crippen molar-refractivity contribution in [1.82, 2.24) is 0 Å². The fraction of sp³-hybridized carbons (Fsp3) is 0. The van der Waals surface area contributed by atoms with Gasteiger partial charge in [0.2, 0.25) is 0 Å². The Kier molecular flexibility index (Phi) is 7.31. The molecule has 0 saturated heterocycles. The van der Waals surface area contributed by atoms with Gasteiger partial charge >= 0.3 is 0 Å². The zero-order valence-electron chi connectivity index (χ0n) is 11.6. The molecular weight excluding hydrogens is 700 g/mol. The molecule has 0 saturated carbocycles. The van der Waals surface area contributed by atoms with Crippen molar-refractivity contribution in [2.75, 3.05) is 11.5 Å². The predicted molar refractivity (Wildman–Crippen MR) is 122 cm³/mol. The SMILES string of the molecule is Nc1cc(Br)c(C#CC#Cc2c(Br)cc(N)c(Br)c2Br)c(Br)c1Br. The van der Waals surface area contributed by atoms with Crippen LogP contribution in [0.5, 0.6) is 0 Å². The Morgan fingerprint density at radius 2 is 0.917 bits per heavy atom. The molecule has 0 radical (unpaired) electrons. The molecule has 0 atom stereocenters. The highest BCUT2D eigenvalue weighted by atomic mass is 79.9. The zero-order chi connectivity index (χ0) is 18.0. The van der Waals surface area contributed by atoms with E-state index < -0.39 is 0 Å². The third kappa shape index (κ3) is 4.41. The second-order valence-corrected chi connectivity index (χ2v) is 9.28. The molecule has 0 aliphatic carbocycles. The van der Waals surface area contributed by atoms with Crippen molar-refractivity contribution in [3.63, 3.8) is 0 Å². The summed E-state index contributed by atoms with van der Waals surface area (Å²) in [5.41, 5.74) is 14.5. The topological polar surface area (TPSA) is 52.0 Å². The maximum atomic E-state index is 5.87. The van der Waals surface area contributed by atoms with Crippen molar-refractivity contribution in [2.45, 2.75) is 0 Å². The quantitative estimate of drug-likeness (QED) is 0.180. The van der Waals surface area contributed by atoms with Gasteiger partial charge in [-0.15, -0.1) is 0 Å². The Morgan fingerprint density at radius 1 is 0.583 bits per heavy atom. The normalized spacial score (nSPS) is 9.75. The molecule has 2 rings (SSSR count). The van der Waals surface area contributed by atoms with Crippen LogP contribution in [0.4, 0.5) is 11.4 Å². The summed E-state index contributed by atoms with van der Waals surface area (Å²) in [4.78, 5) is 0. The van der Waals surface area contributed by atoms with Gasteiger partial charge in [0.25, 0.3) is 0 Å². The first-order valence-corrected chi connectivity index (χ1v) is 10.9. The summed E-state index contributed by atoms with van der Waals surface area (Å²) in [7, 11) is 0. The highest BCUT2D eigenvalue weighted by Gasteiger charge is 2.11. The molecule has 4 N–H and O–H groups in total. The number of benzene rings is 2. The minimum atomic E-state index is 0.616. The van der Waals surface area contributed by atoms with E-state index in [1.54, 1.807) is 12.1 Å². The lowest BCUT2D eigenvalue weighted by molar-refractivity contribution is 1.49. The van der Waals surface area contributed by atoms with Crippen LogP contribution in [0.2, 0.25) is 0 Å². The number of rotatable bonds is 0. The highest BCUT2D eigenvalue weighted by molar-refractivity contribution is 9.13. The summed E-state index contributed by atoms with van der Waals surface area (Å²) in [5.74, 6) is 11.7. The highest BCUT2D eigenvalue weighted by Crippen LogP contribution is 2.37. The van der Waals surface area contributed by atoms with Crippen LogP contribution in [0.3, 0.4) is 0 Å². The van der Waals surface area contributed by atoms with Crippen molar-refractivity contribution in [2.24, 2.45) is 0 Å². The van der Waals surface area contributed by atoms with Crippen molar-refractivity contribution in [3.8, 4) is 23.7 Å². The van der Waals surface area contributed by atoms with Crippen LogP contribution < -0.4 is 11.5 Å². The standard InChI is InChI=1S/C16H6Br6N2/c17-9-5-11(23)15(21)13(19)7(9)3-1-2-4-8-10(18)6-12(24)16(22)14(8)20/h5-6H,23-24H2. The van der Waals surface area contributed by atoms with E-state index in [1.807, 2.05) is 0 Å². The van der Waals surface area contributed by atoms with E-state index in [0.29, 0.717) is 11.4 Å². The van der Waals surface area contributed by atoms with Gasteiger partial charge in [-0.2, -0.15) is 0 Å². The molecule has 0 aromatic heterocycles. The van der Waals surface area contributed by atoms with E-state index in [9.17, 15) is 0 Å². The minimum absolute atomic E-state index is 0.616. The van der Waals surface area contributed by atoms with Gasteiger partial charge in [0.15, 0.2) is 0 Å². The lowest BCUT2D eigenvalue weighted by Crippen LogP contribution is -1.91. The summed E-state index contributed by atoms with van der Waals surface area (Å²) in [6.07, 6.45) is 0. The molecule has 0 heterocycles. The van der Waals surface area contributed by atoms with E-state index >= 15 is 0 Å². The monoisotopic (exact) mass is 700 g/mol. The molecule has 0 bridgehead atoms. The largest absolute Gasteiger partial charge is 0.398 e. The van der Waals surface area contributed by atoms with Crippen molar-refractivity contribution < 1.29 is 0 Å². The zero-order valence-corrected chi connectivity index (χ0v) is 21.1. The Labute approximate surface area is 190 Å². The lowest BCUT2D eigenvalue weighted by Gasteiger charge is -2.06. The average Bonchev–Trinajstić information content (AvgIpc) is 2.52. The maximum Gasteiger partial charge on any atom is 0.0560 e. The number of hydrogen-bond donors (Lipinski definition) is 2. The second kappa shape index (κ2) is 8.62. The van der Waals surface area contributed by atoms with Crippen LogP contribution in [0.15, 0.2) is 39.0 Å². The first-order chi connectivity index (χ1) is 11.2. The number of anilines is 2. The summed E-state index contributed by atoms with van der Waals surface area (Å²) in [6.45, 7) is 0. The van der Waals surface area contributed by atoms with Gasteiger partial charge in [-0.25, -0.2) is 0 Å². The predicted octanol–water partition coefficient (Wildman–Crippen LogP) is 6.83. The molecule has 0 spiro atoms. The Bertz CT molecular complexity index is 881. The van der Waals surface area contributed by atoms with Crippen LogP contribution in [0.25, 0.3) is 0 Å². The van der Waals surface area contributed by atoms with Crippen molar-refractivity contribution >= 4 is 107 Å². The molecule has 0 amide bonds. The summed E-state index contributed by atoms with van der Waals surface area (Å²) in [6, 6.07) is 3.58. The molecular formula is C16H6Br6N2. The molecule has 24 heavy (non-hydrogen) atoms. The minimum Gasteiger partial charge on any atom is -0.398 e. The van der Waals surface area contributed by atoms with Gasteiger partial charge in [-0.05, 0) is 120 Å². The van der Waals surface area contributed by atoms with Gasteiger partial charge in [-0.1, -0.05) is 11.8 Å². The van der Waals surface area contributed by atoms with Gasteiger partial charge in [0.05, 0.1) is 29.0 Å². The van der Waals surface area contributed by atoms with Crippen molar-refractivity contribution in [3.05, 3.63) is 50.1 Å². The number of halogens is 6.